The van der Waals surface area contributed by atoms with Gasteiger partial charge in [0.25, 0.3) is 0 Å². The summed E-state index contributed by atoms with van der Waals surface area (Å²) < 4.78 is 5.45. The molecular formula is C12H21ClO. The van der Waals surface area contributed by atoms with E-state index >= 15 is 0 Å². The lowest BCUT2D eigenvalue weighted by atomic mass is 9.65. The largest absolute Gasteiger partial charge is 0.381 e. The molecule has 2 unspecified atom stereocenters. The van der Waals surface area contributed by atoms with Crippen molar-refractivity contribution in [2.75, 3.05) is 13.0 Å². The number of hydrogen-bond donors (Lipinski definition) is 0. The van der Waals surface area contributed by atoms with Crippen molar-refractivity contribution < 1.29 is 4.74 Å². The summed E-state index contributed by atoms with van der Waals surface area (Å²) in [5.41, 5.74) is 1.74. The Morgan fingerprint density at radius 2 is 2.21 bits per heavy atom. The van der Waals surface area contributed by atoms with Crippen LogP contribution in [0.25, 0.3) is 0 Å². The molecule has 0 heterocycles. The number of ether oxygens (including phenoxy) is 1. The van der Waals surface area contributed by atoms with Gasteiger partial charge in [0, 0.05) is 13.0 Å². The van der Waals surface area contributed by atoms with Gasteiger partial charge in [-0.1, -0.05) is 32.4 Å². The lowest BCUT2D eigenvalue weighted by Crippen LogP contribution is -2.35. The minimum absolute atomic E-state index is 0.282. The van der Waals surface area contributed by atoms with Gasteiger partial charge in [-0.2, -0.15) is 0 Å². The zero-order chi connectivity index (χ0) is 10.8. The van der Waals surface area contributed by atoms with Crippen LogP contribution in [0.1, 0.15) is 33.6 Å². The van der Waals surface area contributed by atoms with Crippen LogP contribution in [0.2, 0.25) is 0 Å². The van der Waals surface area contributed by atoms with Crippen LogP contribution in [0.3, 0.4) is 0 Å². The van der Waals surface area contributed by atoms with Crippen LogP contribution in [0, 0.1) is 11.3 Å². The fourth-order valence-electron chi connectivity index (χ4n) is 2.22. The number of alkyl halides is 1. The molecule has 0 aliphatic heterocycles. The first kappa shape index (κ1) is 12.1. The number of halogens is 1. The van der Waals surface area contributed by atoms with E-state index in [0.717, 1.165) is 12.8 Å². The first-order valence-corrected chi connectivity index (χ1v) is 5.84. The van der Waals surface area contributed by atoms with Crippen LogP contribution in [-0.4, -0.2) is 19.1 Å². The Morgan fingerprint density at radius 3 is 2.71 bits per heavy atom. The zero-order valence-electron chi connectivity index (χ0n) is 9.64. The molecule has 0 amide bonds. The third kappa shape index (κ3) is 2.32. The molecule has 0 aromatic rings. The molecule has 1 saturated carbocycles. The van der Waals surface area contributed by atoms with Gasteiger partial charge in [0.05, 0.1) is 6.10 Å². The predicted molar refractivity (Wildman–Crippen MR) is 61.8 cm³/mol. The van der Waals surface area contributed by atoms with Crippen LogP contribution < -0.4 is 0 Å². The van der Waals surface area contributed by atoms with Crippen molar-refractivity contribution in [3.8, 4) is 0 Å². The Balaban J connectivity index is 2.84. The van der Waals surface area contributed by atoms with Crippen LogP contribution in [0.15, 0.2) is 11.6 Å². The van der Waals surface area contributed by atoms with Crippen molar-refractivity contribution in [3.63, 3.8) is 0 Å². The summed E-state index contributed by atoms with van der Waals surface area (Å²) in [6.45, 7) is 6.91. The molecule has 1 aliphatic carbocycles. The van der Waals surface area contributed by atoms with Gasteiger partial charge in [-0.3, -0.25) is 0 Å². The highest BCUT2D eigenvalue weighted by Gasteiger charge is 2.37. The van der Waals surface area contributed by atoms with E-state index in [0.29, 0.717) is 17.9 Å². The van der Waals surface area contributed by atoms with Gasteiger partial charge >= 0.3 is 0 Å². The molecule has 1 aliphatic rings. The summed E-state index contributed by atoms with van der Waals surface area (Å²) in [6, 6.07) is 0. The molecule has 0 aromatic carbocycles. The molecule has 82 valence electrons. The van der Waals surface area contributed by atoms with Gasteiger partial charge < -0.3 is 4.74 Å². The molecule has 1 nitrogen and oxygen atoms in total. The van der Waals surface area contributed by atoms with Crippen LogP contribution in [0.4, 0.5) is 0 Å². The van der Waals surface area contributed by atoms with Crippen LogP contribution >= 0.6 is 11.6 Å². The lowest BCUT2D eigenvalue weighted by molar-refractivity contribution is 0.0372. The number of rotatable bonds is 2. The molecule has 1 rings (SSSR count). The fraction of sp³-hybridized carbons (Fsp3) is 0.833. The summed E-state index contributed by atoms with van der Waals surface area (Å²) in [6.07, 6.45) is 4.74. The summed E-state index contributed by atoms with van der Waals surface area (Å²) in [7, 11) is 1.80. The molecule has 0 N–H and O–H groups in total. The van der Waals surface area contributed by atoms with E-state index < -0.39 is 0 Å². The summed E-state index contributed by atoms with van der Waals surface area (Å²) in [5.74, 6) is 1.28. The third-order valence-electron chi connectivity index (χ3n) is 3.78. The van der Waals surface area contributed by atoms with E-state index in [1.807, 2.05) is 0 Å². The second-order valence-corrected chi connectivity index (χ2v) is 5.11. The van der Waals surface area contributed by atoms with Gasteiger partial charge in [-0.15, -0.1) is 11.6 Å². The monoisotopic (exact) mass is 216 g/mol. The first-order valence-electron chi connectivity index (χ1n) is 5.30. The van der Waals surface area contributed by atoms with Crippen molar-refractivity contribution in [3.05, 3.63) is 11.6 Å². The van der Waals surface area contributed by atoms with E-state index in [-0.39, 0.29) is 5.41 Å². The van der Waals surface area contributed by atoms with E-state index in [1.165, 1.54) is 5.57 Å². The second kappa shape index (κ2) is 4.67. The highest BCUT2D eigenvalue weighted by molar-refractivity contribution is 6.18. The molecule has 2 heteroatoms. The van der Waals surface area contributed by atoms with E-state index in [9.17, 15) is 0 Å². The SMILES string of the molecule is COC1CC(=CCCl)C(C)(C)C(C)C1. The first-order chi connectivity index (χ1) is 6.52. The molecule has 14 heavy (non-hydrogen) atoms. The van der Waals surface area contributed by atoms with Gasteiger partial charge in [0.2, 0.25) is 0 Å². The molecule has 0 radical (unpaired) electrons. The molecule has 0 spiro atoms. The van der Waals surface area contributed by atoms with Crippen LogP contribution in [0.5, 0.6) is 0 Å². The Labute approximate surface area is 92.5 Å². The highest BCUT2D eigenvalue weighted by Crippen LogP contribution is 2.45. The predicted octanol–water partition coefficient (Wildman–Crippen LogP) is 3.62. The quantitative estimate of drug-likeness (QED) is 0.506. The van der Waals surface area contributed by atoms with E-state index in [1.54, 1.807) is 7.11 Å². The minimum atomic E-state index is 0.282. The standard InChI is InChI=1S/C12H21ClO/c1-9-7-11(14-4)8-10(5-6-13)12(9,2)3/h5,9,11H,6-8H2,1-4H3. The number of methoxy groups -OCH3 is 1. The Kier molecular flexibility index (Phi) is 4.03. The molecule has 0 saturated heterocycles. The van der Waals surface area contributed by atoms with Crippen molar-refractivity contribution in [2.24, 2.45) is 11.3 Å². The molecule has 1 fully saturated rings. The van der Waals surface area contributed by atoms with E-state index in [4.69, 9.17) is 16.3 Å². The summed E-state index contributed by atoms with van der Waals surface area (Å²) in [4.78, 5) is 0. The van der Waals surface area contributed by atoms with E-state index in [2.05, 4.69) is 26.8 Å². The van der Waals surface area contributed by atoms with Gasteiger partial charge in [0.1, 0.15) is 0 Å². The lowest BCUT2D eigenvalue weighted by Gasteiger charge is -2.42. The maximum Gasteiger partial charge on any atom is 0.0611 e. The zero-order valence-corrected chi connectivity index (χ0v) is 10.4. The fourth-order valence-corrected chi connectivity index (χ4v) is 2.40. The topological polar surface area (TPSA) is 9.23 Å². The van der Waals surface area contributed by atoms with Crippen molar-refractivity contribution >= 4 is 11.6 Å². The summed E-state index contributed by atoms with van der Waals surface area (Å²) >= 11 is 5.78. The molecule has 2 atom stereocenters. The summed E-state index contributed by atoms with van der Waals surface area (Å²) in [5, 5.41) is 0. The average Bonchev–Trinajstić information content (AvgIpc) is 2.13. The Morgan fingerprint density at radius 1 is 1.57 bits per heavy atom. The van der Waals surface area contributed by atoms with Gasteiger partial charge in [-0.05, 0) is 24.2 Å². The van der Waals surface area contributed by atoms with Gasteiger partial charge in [0.15, 0.2) is 0 Å². The number of allylic oxidation sites excluding steroid dienone is 1. The molecular weight excluding hydrogens is 196 g/mol. The second-order valence-electron chi connectivity index (χ2n) is 4.80. The molecule has 0 bridgehead atoms. The normalized spacial score (nSPS) is 34.8. The van der Waals surface area contributed by atoms with Crippen molar-refractivity contribution in [2.45, 2.75) is 39.7 Å². The maximum absolute atomic E-state index is 5.78. The maximum atomic E-state index is 5.78. The Hall–Kier alpha value is -0.0100. The number of hydrogen-bond acceptors (Lipinski definition) is 1. The van der Waals surface area contributed by atoms with Crippen molar-refractivity contribution in [1.29, 1.82) is 0 Å². The Bertz CT molecular complexity index is 220. The van der Waals surface area contributed by atoms with Crippen molar-refractivity contribution in [1.82, 2.24) is 0 Å². The smallest absolute Gasteiger partial charge is 0.0611 e. The molecule has 0 aromatic heterocycles. The highest BCUT2D eigenvalue weighted by atomic mass is 35.5. The minimum Gasteiger partial charge on any atom is -0.381 e. The third-order valence-corrected chi connectivity index (χ3v) is 3.93. The van der Waals surface area contributed by atoms with Crippen LogP contribution in [-0.2, 0) is 4.74 Å². The average molecular weight is 217 g/mol. The van der Waals surface area contributed by atoms with Gasteiger partial charge in [-0.25, -0.2) is 0 Å².